The molecule has 102 valence electrons. The van der Waals surface area contributed by atoms with Crippen molar-refractivity contribution in [1.29, 1.82) is 5.41 Å². The largest absolute Gasteiger partial charge is 0.384 e. The van der Waals surface area contributed by atoms with Crippen LogP contribution in [0.2, 0.25) is 0 Å². The maximum atomic E-state index is 7.73. The summed E-state index contributed by atoms with van der Waals surface area (Å²) >= 11 is 0. The fourth-order valence-corrected chi connectivity index (χ4v) is 2.72. The van der Waals surface area contributed by atoms with E-state index in [1.807, 2.05) is 6.07 Å². The van der Waals surface area contributed by atoms with Gasteiger partial charge in [-0.25, -0.2) is 0 Å². The minimum Gasteiger partial charge on any atom is -0.384 e. The molecule has 0 spiro atoms. The van der Waals surface area contributed by atoms with Crippen molar-refractivity contribution in [1.82, 2.24) is 10.2 Å². The molecule has 0 saturated carbocycles. The number of fused-ring (bicyclic) bond motifs is 1. The Hall–Kier alpha value is -2.43. The molecular formula is C15H17N5. The van der Waals surface area contributed by atoms with Crippen LogP contribution in [0.1, 0.15) is 24.5 Å². The Labute approximate surface area is 118 Å². The molecule has 0 aliphatic carbocycles. The van der Waals surface area contributed by atoms with Crippen molar-refractivity contribution in [2.75, 3.05) is 4.90 Å². The number of nitrogens with one attached hydrogen (secondary N) is 1. The molecule has 5 nitrogen and oxygen atoms in total. The van der Waals surface area contributed by atoms with E-state index in [1.54, 1.807) is 12.3 Å². The molecule has 1 unspecified atom stereocenters. The standard InChI is InChI=1S/C15H17N5/c1-10-6-7-11-4-2-3-5-13(11)20(10)15-12(14(16)17)8-9-18-19-15/h2-5,8-10H,6-7H2,1H3,(H3,16,17). The molecule has 0 bridgehead atoms. The third-order valence-electron chi connectivity index (χ3n) is 3.74. The molecule has 1 atom stereocenters. The van der Waals surface area contributed by atoms with E-state index in [1.165, 1.54) is 5.56 Å². The Morgan fingerprint density at radius 1 is 1.35 bits per heavy atom. The summed E-state index contributed by atoms with van der Waals surface area (Å²) in [5.74, 6) is 0.685. The lowest BCUT2D eigenvalue weighted by Crippen LogP contribution is -2.35. The number of amidine groups is 1. The molecule has 20 heavy (non-hydrogen) atoms. The fourth-order valence-electron chi connectivity index (χ4n) is 2.72. The van der Waals surface area contributed by atoms with E-state index in [-0.39, 0.29) is 5.84 Å². The van der Waals surface area contributed by atoms with Gasteiger partial charge in [-0.1, -0.05) is 18.2 Å². The molecule has 3 N–H and O–H groups in total. The van der Waals surface area contributed by atoms with Gasteiger partial charge in [0, 0.05) is 11.7 Å². The quantitative estimate of drug-likeness (QED) is 0.646. The minimum absolute atomic E-state index is 0.0187. The maximum absolute atomic E-state index is 7.73. The van der Waals surface area contributed by atoms with Crippen molar-refractivity contribution in [2.45, 2.75) is 25.8 Å². The van der Waals surface area contributed by atoms with Crippen LogP contribution in [-0.4, -0.2) is 22.1 Å². The maximum Gasteiger partial charge on any atom is 0.166 e. The van der Waals surface area contributed by atoms with Gasteiger partial charge in [0.05, 0.1) is 11.8 Å². The smallest absolute Gasteiger partial charge is 0.166 e. The second-order valence-corrected chi connectivity index (χ2v) is 5.07. The summed E-state index contributed by atoms with van der Waals surface area (Å²) in [4.78, 5) is 2.14. The van der Waals surface area contributed by atoms with E-state index in [0.717, 1.165) is 18.5 Å². The molecule has 0 saturated heterocycles. The molecule has 0 radical (unpaired) electrons. The van der Waals surface area contributed by atoms with Gasteiger partial charge in [-0.3, -0.25) is 5.41 Å². The number of rotatable bonds is 2. The molecule has 2 heterocycles. The lowest BCUT2D eigenvalue weighted by Gasteiger charge is -2.36. The van der Waals surface area contributed by atoms with Crippen LogP contribution in [0.4, 0.5) is 11.5 Å². The number of anilines is 2. The normalized spacial score (nSPS) is 17.6. The van der Waals surface area contributed by atoms with Crippen LogP contribution in [0.5, 0.6) is 0 Å². The second-order valence-electron chi connectivity index (χ2n) is 5.07. The van der Waals surface area contributed by atoms with Crippen molar-refractivity contribution in [2.24, 2.45) is 5.73 Å². The molecule has 0 fully saturated rings. The average molecular weight is 267 g/mol. The van der Waals surface area contributed by atoms with Gasteiger partial charge in [-0.05, 0) is 37.5 Å². The van der Waals surface area contributed by atoms with Gasteiger partial charge < -0.3 is 10.6 Å². The summed E-state index contributed by atoms with van der Waals surface area (Å²) in [6.07, 6.45) is 3.68. The number of aromatic nitrogens is 2. The number of hydrogen-bond donors (Lipinski definition) is 2. The molecule has 3 rings (SSSR count). The van der Waals surface area contributed by atoms with E-state index < -0.39 is 0 Å². The van der Waals surface area contributed by atoms with Crippen LogP contribution in [-0.2, 0) is 6.42 Å². The van der Waals surface area contributed by atoms with E-state index in [4.69, 9.17) is 11.1 Å². The van der Waals surface area contributed by atoms with Gasteiger partial charge in [0.1, 0.15) is 5.84 Å². The monoisotopic (exact) mass is 267 g/mol. The minimum atomic E-state index is 0.0187. The molecule has 2 aromatic rings. The van der Waals surface area contributed by atoms with Crippen LogP contribution >= 0.6 is 0 Å². The first-order chi connectivity index (χ1) is 9.68. The lowest BCUT2D eigenvalue weighted by molar-refractivity contribution is 0.610. The number of hydrogen-bond acceptors (Lipinski definition) is 4. The van der Waals surface area contributed by atoms with E-state index >= 15 is 0 Å². The SMILES string of the molecule is CC1CCc2ccccc2N1c1nnccc1C(=N)N. The molecule has 0 amide bonds. The molecular weight excluding hydrogens is 250 g/mol. The molecule has 1 aromatic carbocycles. The molecule has 1 aliphatic heterocycles. The first kappa shape index (κ1) is 12.6. The Morgan fingerprint density at radius 2 is 2.15 bits per heavy atom. The highest BCUT2D eigenvalue weighted by atomic mass is 15.3. The number of nitrogens with two attached hydrogens (primary N) is 1. The third-order valence-corrected chi connectivity index (χ3v) is 3.74. The van der Waals surface area contributed by atoms with Crippen molar-refractivity contribution in [3.05, 3.63) is 47.7 Å². The number of para-hydroxylation sites is 1. The van der Waals surface area contributed by atoms with Gasteiger partial charge in [-0.2, -0.15) is 5.10 Å². The number of nitrogen functional groups attached to an aromatic ring is 1. The second kappa shape index (κ2) is 4.92. The first-order valence-electron chi connectivity index (χ1n) is 6.71. The highest BCUT2D eigenvalue weighted by molar-refractivity contribution is 6.00. The first-order valence-corrected chi connectivity index (χ1v) is 6.71. The fraction of sp³-hybridized carbons (Fsp3) is 0.267. The Kier molecular flexibility index (Phi) is 3.10. The van der Waals surface area contributed by atoms with E-state index in [9.17, 15) is 0 Å². The van der Waals surface area contributed by atoms with Crippen LogP contribution in [0.25, 0.3) is 0 Å². The van der Waals surface area contributed by atoms with Gasteiger partial charge in [0.2, 0.25) is 0 Å². The van der Waals surface area contributed by atoms with Gasteiger partial charge in [0.15, 0.2) is 5.82 Å². The van der Waals surface area contributed by atoms with Crippen molar-refractivity contribution in [3.8, 4) is 0 Å². The summed E-state index contributed by atoms with van der Waals surface area (Å²) in [5.41, 5.74) is 8.73. The van der Waals surface area contributed by atoms with Gasteiger partial charge in [0.25, 0.3) is 0 Å². The highest BCUT2D eigenvalue weighted by Gasteiger charge is 2.27. The molecule has 5 heteroatoms. The summed E-state index contributed by atoms with van der Waals surface area (Å²) in [6.45, 7) is 2.16. The average Bonchev–Trinajstić information content (AvgIpc) is 2.47. The van der Waals surface area contributed by atoms with Gasteiger partial charge >= 0.3 is 0 Å². The zero-order valence-electron chi connectivity index (χ0n) is 11.4. The van der Waals surface area contributed by atoms with E-state index in [2.05, 4.69) is 40.2 Å². The predicted octanol–water partition coefficient (Wildman–Crippen LogP) is 2.23. The summed E-state index contributed by atoms with van der Waals surface area (Å²) in [7, 11) is 0. The van der Waals surface area contributed by atoms with Gasteiger partial charge in [-0.15, -0.1) is 5.10 Å². The third kappa shape index (κ3) is 2.01. The van der Waals surface area contributed by atoms with Crippen LogP contribution in [0.15, 0.2) is 36.5 Å². The van der Waals surface area contributed by atoms with E-state index in [0.29, 0.717) is 17.4 Å². The summed E-state index contributed by atoms with van der Waals surface area (Å²) in [6, 6.07) is 10.3. The Balaban J connectivity index is 2.17. The summed E-state index contributed by atoms with van der Waals surface area (Å²) < 4.78 is 0. The Bertz CT molecular complexity index is 652. The summed E-state index contributed by atoms with van der Waals surface area (Å²) in [5, 5.41) is 15.9. The number of nitrogens with zero attached hydrogens (tertiary/aromatic N) is 3. The predicted molar refractivity (Wildman–Crippen MR) is 79.4 cm³/mol. The molecule has 1 aromatic heterocycles. The molecule has 1 aliphatic rings. The Morgan fingerprint density at radius 3 is 2.95 bits per heavy atom. The topological polar surface area (TPSA) is 78.9 Å². The van der Waals surface area contributed by atoms with Crippen molar-refractivity contribution >= 4 is 17.3 Å². The highest BCUT2D eigenvalue weighted by Crippen LogP contribution is 2.36. The van der Waals surface area contributed by atoms with Crippen molar-refractivity contribution in [3.63, 3.8) is 0 Å². The van der Waals surface area contributed by atoms with Crippen LogP contribution < -0.4 is 10.6 Å². The zero-order valence-corrected chi connectivity index (χ0v) is 11.4. The van der Waals surface area contributed by atoms with Crippen molar-refractivity contribution < 1.29 is 0 Å². The van der Waals surface area contributed by atoms with Crippen LogP contribution in [0, 0.1) is 5.41 Å². The van der Waals surface area contributed by atoms with Crippen LogP contribution in [0.3, 0.4) is 0 Å². The lowest BCUT2D eigenvalue weighted by atomic mass is 9.96. The zero-order chi connectivity index (χ0) is 14.1. The number of benzene rings is 1. The number of aryl methyl sites for hydroxylation is 1.